The van der Waals surface area contributed by atoms with Crippen molar-refractivity contribution in [2.45, 2.75) is 51.6 Å². The molecule has 0 aliphatic carbocycles. The molecule has 2 unspecified atom stereocenters. The van der Waals surface area contributed by atoms with E-state index in [4.69, 9.17) is 4.74 Å². The van der Waals surface area contributed by atoms with Crippen LogP contribution in [0.2, 0.25) is 0 Å². The zero-order valence-corrected chi connectivity index (χ0v) is 13.4. The van der Waals surface area contributed by atoms with Crippen LogP contribution in [0, 0.1) is 0 Å². The Hall–Kier alpha value is -0.160. The van der Waals surface area contributed by atoms with Crippen molar-refractivity contribution in [1.82, 2.24) is 15.1 Å². The highest BCUT2D eigenvalue weighted by Crippen LogP contribution is 2.17. The first-order valence-corrected chi connectivity index (χ1v) is 8.61. The Bertz CT molecular complexity index is 256. The van der Waals surface area contributed by atoms with E-state index >= 15 is 0 Å². The summed E-state index contributed by atoms with van der Waals surface area (Å²) in [7, 11) is 0. The van der Waals surface area contributed by atoms with Crippen molar-refractivity contribution in [3.05, 3.63) is 0 Å². The van der Waals surface area contributed by atoms with Crippen molar-refractivity contribution in [1.29, 1.82) is 0 Å². The molecule has 2 aliphatic heterocycles. The first-order chi connectivity index (χ1) is 9.83. The highest BCUT2D eigenvalue weighted by Gasteiger charge is 2.29. The highest BCUT2D eigenvalue weighted by molar-refractivity contribution is 4.86. The normalized spacial score (nSPS) is 27.0. The topological polar surface area (TPSA) is 27.7 Å². The van der Waals surface area contributed by atoms with Gasteiger partial charge in [0, 0.05) is 38.3 Å². The van der Waals surface area contributed by atoms with Crippen molar-refractivity contribution in [3.8, 4) is 0 Å². The van der Waals surface area contributed by atoms with Gasteiger partial charge in [0.15, 0.2) is 0 Å². The van der Waals surface area contributed by atoms with Crippen LogP contribution in [0.3, 0.4) is 0 Å². The lowest BCUT2D eigenvalue weighted by Gasteiger charge is -2.32. The first-order valence-electron chi connectivity index (χ1n) is 8.61. The van der Waals surface area contributed by atoms with Gasteiger partial charge in [-0.1, -0.05) is 20.3 Å². The average Bonchev–Trinajstić information content (AvgIpc) is 2.94. The minimum absolute atomic E-state index is 0.684. The monoisotopic (exact) mass is 283 g/mol. The molecule has 0 amide bonds. The predicted molar refractivity (Wildman–Crippen MR) is 84.2 cm³/mol. The summed E-state index contributed by atoms with van der Waals surface area (Å²) in [6.07, 6.45) is 5.16. The van der Waals surface area contributed by atoms with Crippen LogP contribution in [0.4, 0.5) is 0 Å². The van der Waals surface area contributed by atoms with Crippen LogP contribution >= 0.6 is 0 Å². The average molecular weight is 283 g/mol. The van der Waals surface area contributed by atoms with E-state index in [1.165, 1.54) is 45.3 Å². The van der Waals surface area contributed by atoms with E-state index in [1.54, 1.807) is 0 Å². The Balaban J connectivity index is 1.72. The maximum Gasteiger partial charge on any atom is 0.0594 e. The summed E-state index contributed by atoms with van der Waals surface area (Å²) < 4.78 is 5.46. The Labute approximate surface area is 124 Å². The molecule has 0 saturated carbocycles. The van der Waals surface area contributed by atoms with Crippen molar-refractivity contribution in [2.75, 3.05) is 52.5 Å². The first kappa shape index (κ1) is 16.2. The number of ether oxygens (including phenoxy) is 1. The Morgan fingerprint density at radius 3 is 2.65 bits per heavy atom. The number of rotatable bonds is 8. The second-order valence-corrected chi connectivity index (χ2v) is 6.29. The molecule has 0 aromatic carbocycles. The summed E-state index contributed by atoms with van der Waals surface area (Å²) in [6.45, 7) is 13.6. The quantitative estimate of drug-likeness (QED) is 0.732. The fourth-order valence-electron chi connectivity index (χ4n) is 3.49. The highest BCUT2D eigenvalue weighted by atomic mass is 16.5. The van der Waals surface area contributed by atoms with E-state index in [9.17, 15) is 0 Å². The molecule has 2 atom stereocenters. The van der Waals surface area contributed by atoms with Crippen LogP contribution in [0.1, 0.15) is 39.5 Å². The Morgan fingerprint density at radius 2 is 1.95 bits per heavy atom. The zero-order chi connectivity index (χ0) is 14.2. The van der Waals surface area contributed by atoms with Gasteiger partial charge in [0.25, 0.3) is 0 Å². The number of nitrogens with one attached hydrogen (secondary N) is 1. The van der Waals surface area contributed by atoms with Gasteiger partial charge >= 0.3 is 0 Å². The Kier molecular flexibility index (Phi) is 7.28. The van der Waals surface area contributed by atoms with Gasteiger partial charge in [-0.2, -0.15) is 0 Å². The van der Waals surface area contributed by atoms with Gasteiger partial charge in [-0.05, 0) is 32.4 Å². The number of nitrogens with zero attached hydrogens (tertiary/aromatic N) is 2. The lowest BCUT2D eigenvalue weighted by atomic mass is 10.1. The molecule has 0 spiro atoms. The molecule has 4 heteroatoms. The van der Waals surface area contributed by atoms with Crippen molar-refractivity contribution in [2.24, 2.45) is 0 Å². The van der Waals surface area contributed by atoms with E-state index in [0.29, 0.717) is 6.04 Å². The van der Waals surface area contributed by atoms with Gasteiger partial charge in [-0.3, -0.25) is 4.90 Å². The number of likely N-dealkylation sites (tertiary alicyclic amines) is 1. The third-order valence-corrected chi connectivity index (χ3v) is 4.61. The standard InChI is InChI=1S/C16H33N3O/c1-3-5-15(17-7-4-2)13-18-8-6-16(14-18)19-9-11-20-12-10-19/h15-17H,3-14H2,1-2H3. The third-order valence-electron chi connectivity index (χ3n) is 4.61. The van der Waals surface area contributed by atoms with Gasteiger partial charge in [0.2, 0.25) is 0 Å². The van der Waals surface area contributed by atoms with Crippen LogP contribution in [-0.2, 0) is 4.74 Å². The number of hydrogen-bond acceptors (Lipinski definition) is 4. The maximum atomic E-state index is 5.46. The van der Waals surface area contributed by atoms with E-state index in [0.717, 1.165) is 38.9 Å². The fraction of sp³-hybridized carbons (Fsp3) is 1.00. The molecular weight excluding hydrogens is 250 g/mol. The summed E-state index contributed by atoms with van der Waals surface area (Å²) >= 11 is 0. The third kappa shape index (κ3) is 4.99. The van der Waals surface area contributed by atoms with Crippen molar-refractivity contribution in [3.63, 3.8) is 0 Å². The van der Waals surface area contributed by atoms with E-state index < -0.39 is 0 Å². The second kappa shape index (κ2) is 8.98. The fourth-order valence-corrected chi connectivity index (χ4v) is 3.49. The molecule has 1 N–H and O–H groups in total. The molecule has 118 valence electrons. The molecule has 0 radical (unpaired) electrons. The second-order valence-electron chi connectivity index (χ2n) is 6.29. The van der Waals surface area contributed by atoms with Gasteiger partial charge < -0.3 is 15.0 Å². The van der Waals surface area contributed by atoms with E-state index in [-0.39, 0.29) is 0 Å². The summed E-state index contributed by atoms with van der Waals surface area (Å²) in [5.41, 5.74) is 0. The molecule has 4 nitrogen and oxygen atoms in total. The van der Waals surface area contributed by atoms with Crippen LogP contribution in [-0.4, -0.2) is 74.4 Å². The molecule has 0 aromatic rings. The van der Waals surface area contributed by atoms with E-state index in [1.807, 2.05) is 0 Å². The Morgan fingerprint density at radius 1 is 1.15 bits per heavy atom. The lowest BCUT2D eigenvalue weighted by molar-refractivity contribution is 0.0183. The maximum absolute atomic E-state index is 5.46. The molecule has 2 heterocycles. The summed E-state index contributed by atoms with van der Waals surface area (Å²) in [6, 6.07) is 1.45. The van der Waals surface area contributed by atoms with Gasteiger partial charge in [-0.25, -0.2) is 0 Å². The largest absolute Gasteiger partial charge is 0.379 e. The molecule has 0 aromatic heterocycles. The molecule has 2 rings (SSSR count). The van der Waals surface area contributed by atoms with Crippen LogP contribution in [0.15, 0.2) is 0 Å². The minimum Gasteiger partial charge on any atom is -0.379 e. The van der Waals surface area contributed by atoms with Crippen LogP contribution < -0.4 is 5.32 Å². The predicted octanol–water partition coefficient (Wildman–Crippen LogP) is 1.56. The smallest absolute Gasteiger partial charge is 0.0594 e. The number of morpholine rings is 1. The van der Waals surface area contributed by atoms with Crippen LogP contribution in [0.5, 0.6) is 0 Å². The van der Waals surface area contributed by atoms with E-state index in [2.05, 4.69) is 29.0 Å². The minimum atomic E-state index is 0.684. The SMILES string of the molecule is CCCNC(CCC)CN1CCC(N2CCOCC2)C1. The summed E-state index contributed by atoms with van der Waals surface area (Å²) in [5.74, 6) is 0. The van der Waals surface area contributed by atoms with Crippen molar-refractivity contribution < 1.29 is 4.74 Å². The van der Waals surface area contributed by atoms with Gasteiger partial charge in [0.1, 0.15) is 0 Å². The van der Waals surface area contributed by atoms with Crippen molar-refractivity contribution >= 4 is 0 Å². The van der Waals surface area contributed by atoms with Gasteiger partial charge in [-0.15, -0.1) is 0 Å². The molecule has 20 heavy (non-hydrogen) atoms. The molecule has 0 bridgehead atoms. The zero-order valence-electron chi connectivity index (χ0n) is 13.4. The summed E-state index contributed by atoms with van der Waals surface area (Å²) in [4.78, 5) is 5.31. The van der Waals surface area contributed by atoms with Crippen LogP contribution in [0.25, 0.3) is 0 Å². The molecule has 2 fully saturated rings. The number of hydrogen-bond donors (Lipinski definition) is 1. The molecular formula is C16H33N3O. The van der Waals surface area contributed by atoms with Gasteiger partial charge in [0.05, 0.1) is 13.2 Å². The summed E-state index contributed by atoms with van der Waals surface area (Å²) in [5, 5.41) is 3.72. The molecule has 2 saturated heterocycles. The lowest BCUT2D eigenvalue weighted by Crippen LogP contribution is -2.46. The molecule has 2 aliphatic rings.